The monoisotopic (exact) mass is 632 g/mol. The van der Waals surface area contributed by atoms with Crippen molar-refractivity contribution in [2.24, 2.45) is 16.9 Å². The van der Waals surface area contributed by atoms with Crippen molar-refractivity contribution in [3.63, 3.8) is 0 Å². The van der Waals surface area contributed by atoms with Gasteiger partial charge in [0.25, 0.3) is 0 Å². The highest BCUT2D eigenvalue weighted by Gasteiger charge is 2.54. The molecule has 3 fully saturated rings. The topological polar surface area (TPSA) is 143 Å². The molecule has 2 heterocycles. The van der Waals surface area contributed by atoms with Gasteiger partial charge in [0.2, 0.25) is 5.91 Å². The number of urea groups is 1. The fourth-order valence-corrected chi connectivity index (χ4v) is 7.04. The molecular weight excluding hydrogens is 589 g/mol. The highest BCUT2D eigenvalue weighted by molar-refractivity contribution is 5.89. The smallest absolute Gasteiger partial charge is 0.338 e. The molecule has 1 aliphatic heterocycles. The van der Waals surface area contributed by atoms with Crippen LogP contribution in [0.1, 0.15) is 52.0 Å². The number of alkyl halides is 3. The average Bonchev–Trinajstić information content (AvgIpc) is 2.92. The number of halogens is 3. The largest absolute Gasteiger partial charge is 0.401 e. The van der Waals surface area contributed by atoms with E-state index < -0.39 is 30.0 Å². The maximum Gasteiger partial charge on any atom is 0.401 e. The molecule has 3 amide bonds. The Kier molecular flexibility index (Phi) is 9.04. The lowest BCUT2D eigenvalue weighted by molar-refractivity contribution is -0.174. The fourth-order valence-electron chi connectivity index (χ4n) is 7.04. The first-order valence-corrected chi connectivity index (χ1v) is 15.4. The fraction of sp³-hybridized carbons (Fsp3) is 0.613. The number of carbonyl (C=O) groups is 2. The number of benzene rings is 1. The quantitative estimate of drug-likeness (QED) is 0.406. The Balaban J connectivity index is 1.16. The lowest BCUT2D eigenvalue weighted by atomic mass is 9.52. The number of piperazine rings is 1. The summed E-state index contributed by atoms with van der Waals surface area (Å²) in [5, 5.41) is 2.64. The molecule has 1 spiro atoms. The van der Waals surface area contributed by atoms with E-state index in [-0.39, 0.29) is 35.3 Å². The standard InChI is InChI=1S/C31H43F3N8O3/c1-20(42(19-31(32,33)34)24-17-30(18-24)15-22(35)16-30)14-21-4-6-23(7-5-21)41-9-8-25(38-28(41)45)37-27(44)40-12-10-39(11-13-40)26(43)29(2,3)36/h4-9,20,22,24H,10-19,35-36H2,1-3H3,(H,37,38,44,45). The van der Waals surface area contributed by atoms with Crippen molar-refractivity contribution < 1.29 is 22.8 Å². The van der Waals surface area contributed by atoms with Gasteiger partial charge in [0.15, 0.2) is 0 Å². The van der Waals surface area contributed by atoms with E-state index >= 15 is 0 Å². The first-order chi connectivity index (χ1) is 21.0. The lowest BCUT2D eigenvalue weighted by Crippen LogP contribution is -2.62. The molecule has 11 nitrogen and oxygen atoms in total. The first kappa shape index (κ1) is 32.9. The molecule has 14 heteroatoms. The van der Waals surface area contributed by atoms with Crippen LogP contribution in [0.4, 0.5) is 23.8 Å². The van der Waals surface area contributed by atoms with Crippen LogP contribution in [-0.4, -0.2) is 98.8 Å². The van der Waals surface area contributed by atoms with E-state index in [1.807, 2.05) is 19.1 Å². The zero-order valence-electron chi connectivity index (χ0n) is 26.0. The summed E-state index contributed by atoms with van der Waals surface area (Å²) < 4.78 is 41.8. The molecule has 1 saturated heterocycles. The summed E-state index contributed by atoms with van der Waals surface area (Å²) in [4.78, 5) is 46.7. The highest BCUT2D eigenvalue weighted by atomic mass is 19.4. The van der Waals surface area contributed by atoms with Gasteiger partial charge in [0, 0.05) is 50.5 Å². The SMILES string of the molecule is CC(Cc1ccc(-n2ccc(NC(=O)N3CCN(C(=O)C(C)(C)N)CC3)nc2=O)cc1)N(CC(F)(F)F)C1CC2(CC(N)C2)C1. The molecular formula is C31H43F3N8O3. The van der Waals surface area contributed by atoms with Gasteiger partial charge in [-0.2, -0.15) is 18.2 Å². The Morgan fingerprint density at radius 1 is 1.04 bits per heavy atom. The zero-order chi connectivity index (χ0) is 32.7. The van der Waals surface area contributed by atoms with E-state index in [2.05, 4.69) is 10.3 Å². The van der Waals surface area contributed by atoms with Crippen molar-refractivity contribution in [2.45, 2.75) is 82.7 Å². The first-order valence-electron chi connectivity index (χ1n) is 15.4. The van der Waals surface area contributed by atoms with Crippen LogP contribution in [0.5, 0.6) is 0 Å². The van der Waals surface area contributed by atoms with E-state index in [0.29, 0.717) is 38.3 Å². The summed E-state index contributed by atoms with van der Waals surface area (Å²) in [5.74, 6) is -0.0835. The van der Waals surface area contributed by atoms with Gasteiger partial charge >= 0.3 is 17.9 Å². The van der Waals surface area contributed by atoms with Gasteiger partial charge in [-0.05, 0) is 82.1 Å². The van der Waals surface area contributed by atoms with Crippen molar-refractivity contribution in [1.29, 1.82) is 0 Å². The zero-order valence-corrected chi connectivity index (χ0v) is 26.0. The van der Waals surface area contributed by atoms with Crippen LogP contribution in [0.3, 0.4) is 0 Å². The van der Waals surface area contributed by atoms with E-state index in [4.69, 9.17) is 11.5 Å². The summed E-state index contributed by atoms with van der Waals surface area (Å²) in [6.07, 6.45) is 0.976. The van der Waals surface area contributed by atoms with Crippen LogP contribution >= 0.6 is 0 Å². The number of amides is 3. The number of carbonyl (C=O) groups excluding carboxylic acids is 2. The summed E-state index contributed by atoms with van der Waals surface area (Å²) in [7, 11) is 0. The van der Waals surface area contributed by atoms with Crippen molar-refractivity contribution >= 4 is 17.8 Å². The molecule has 246 valence electrons. The van der Waals surface area contributed by atoms with E-state index in [0.717, 1.165) is 31.2 Å². The summed E-state index contributed by atoms with van der Waals surface area (Å²) in [6, 6.07) is 7.92. The molecule has 1 unspecified atom stereocenters. The van der Waals surface area contributed by atoms with E-state index in [1.54, 1.807) is 40.7 Å². The number of rotatable bonds is 8. The second-order valence-electron chi connectivity index (χ2n) is 13.6. The highest BCUT2D eigenvalue weighted by Crippen LogP contribution is 2.57. The molecule has 3 aliphatic rings. The predicted molar refractivity (Wildman–Crippen MR) is 164 cm³/mol. The van der Waals surface area contributed by atoms with Crippen LogP contribution in [0, 0.1) is 5.41 Å². The van der Waals surface area contributed by atoms with Crippen molar-refractivity contribution in [2.75, 3.05) is 38.0 Å². The maximum atomic E-state index is 13.5. The number of nitrogens with zero attached hydrogens (tertiary/aromatic N) is 5. The van der Waals surface area contributed by atoms with E-state index in [1.165, 1.54) is 16.8 Å². The molecule has 0 bridgehead atoms. The molecule has 45 heavy (non-hydrogen) atoms. The number of nitrogens with two attached hydrogens (primary N) is 2. The normalized spacial score (nSPS) is 24.3. The minimum atomic E-state index is -4.28. The van der Waals surface area contributed by atoms with Crippen molar-refractivity contribution in [3.8, 4) is 5.69 Å². The Labute approximate surface area is 260 Å². The average molecular weight is 633 g/mol. The second-order valence-corrected chi connectivity index (χ2v) is 13.6. The van der Waals surface area contributed by atoms with Crippen molar-refractivity contribution in [3.05, 3.63) is 52.6 Å². The Morgan fingerprint density at radius 2 is 1.64 bits per heavy atom. The van der Waals surface area contributed by atoms with Gasteiger partial charge in [-0.15, -0.1) is 0 Å². The van der Waals surface area contributed by atoms with Gasteiger partial charge in [0.1, 0.15) is 5.82 Å². The van der Waals surface area contributed by atoms with Gasteiger partial charge in [-0.25, -0.2) is 9.59 Å². The molecule has 5 N–H and O–H groups in total. The number of hydrogen-bond acceptors (Lipinski definition) is 7. The minimum absolute atomic E-state index is 0.0970. The molecule has 2 aliphatic carbocycles. The van der Waals surface area contributed by atoms with E-state index in [9.17, 15) is 27.6 Å². The van der Waals surface area contributed by atoms with Gasteiger partial charge in [0.05, 0.1) is 17.8 Å². The molecule has 1 aromatic carbocycles. The minimum Gasteiger partial charge on any atom is -0.338 e. The molecule has 1 aromatic heterocycles. The van der Waals surface area contributed by atoms with Crippen molar-refractivity contribution in [1.82, 2.24) is 24.3 Å². The predicted octanol–water partition coefficient (Wildman–Crippen LogP) is 2.71. The Hall–Kier alpha value is -3.49. The lowest BCUT2D eigenvalue weighted by Gasteiger charge is -2.60. The van der Waals surface area contributed by atoms with Crippen LogP contribution in [0.25, 0.3) is 5.69 Å². The van der Waals surface area contributed by atoms with Crippen LogP contribution in [-0.2, 0) is 11.2 Å². The number of hydrogen-bond donors (Lipinski definition) is 3. The summed E-state index contributed by atoms with van der Waals surface area (Å²) in [6.45, 7) is 5.53. The van der Waals surface area contributed by atoms with Gasteiger partial charge in [-0.3, -0.25) is 19.6 Å². The van der Waals surface area contributed by atoms with Crippen LogP contribution in [0.15, 0.2) is 41.3 Å². The third kappa shape index (κ3) is 7.67. The second kappa shape index (κ2) is 12.4. The number of anilines is 1. The summed E-state index contributed by atoms with van der Waals surface area (Å²) in [5.41, 5.74) is 11.8. The molecule has 5 rings (SSSR count). The summed E-state index contributed by atoms with van der Waals surface area (Å²) >= 11 is 0. The van der Waals surface area contributed by atoms with Gasteiger partial charge < -0.3 is 21.3 Å². The third-order valence-corrected chi connectivity index (χ3v) is 9.31. The molecule has 0 radical (unpaired) electrons. The Bertz CT molecular complexity index is 1430. The number of aromatic nitrogens is 2. The maximum absolute atomic E-state index is 13.5. The molecule has 2 aromatic rings. The third-order valence-electron chi connectivity index (χ3n) is 9.31. The molecule has 1 atom stereocenters. The number of nitrogens with one attached hydrogen (secondary N) is 1. The molecule has 2 saturated carbocycles. The van der Waals surface area contributed by atoms with Crippen LogP contribution in [0.2, 0.25) is 0 Å². The Morgan fingerprint density at radius 3 is 2.18 bits per heavy atom. The van der Waals surface area contributed by atoms with Gasteiger partial charge in [-0.1, -0.05) is 12.1 Å². The van der Waals surface area contributed by atoms with Crippen LogP contribution < -0.4 is 22.5 Å².